The summed E-state index contributed by atoms with van der Waals surface area (Å²) >= 11 is 0. The number of alkyl halides is 1. The lowest BCUT2D eigenvalue weighted by Gasteiger charge is -2.46. The van der Waals surface area contributed by atoms with E-state index in [4.69, 9.17) is 47.4 Å². The monoisotopic (exact) mass is 694 g/mol. The molecule has 0 bridgehead atoms. The van der Waals surface area contributed by atoms with Crippen LogP contribution < -0.4 is 0 Å². The van der Waals surface area contributed by atoms with Crippen LogP contribution >= 0.6 is 0 Å². The van der Waals surface area contributed by atoms with Crippen molar-refractivity contribution in [2.75, 3.05) is 13.3 Å². The SMILES string of the molecule is CC1(C)O[C@H]2O[C@H]([C@H]3COC(C)(C)O3)[C@H](O[C@H]3O[C@H](CF)[C@@H](OCc4ccccc4)[C@H](OCc4ccccc4)[C@@H]3OCc3ccccc3)[C@H]2O1. The summed E-state index contributed by atoms with van der Waals surface area (Å²) in [5.74, 6) is -1.72. The zero-order valence-corrected chi connectivity index (χ0v) is 28.9. The molecule has 3 aromatic rings. The van der Waals surface area contributed by atoms with Gasteiger partial charge in [-0.1, -0.05) is 91.0 Å². The Balaban J connectivity index is 1.21. The fourth-order valence-electron chi connectivity index (χ4n) is 6.97. The Morgan fingerprint density at radius 2 is 1.14 bits per heavy atom. The lowest BCUT2D eigenvalue weighted by Crippen LogP contribution is -2.62. The molecule has 10 nitrogen and oxygen atoms in total. The van der Waals surface area contributed by atoms with E-state index in [1.165, 1.54) is 0 Å². The smallest absolute Gasteiger partial charge is 0.190 e. The topological polar surface area (TPSA) is 92.3 Å². The summed E-state index contributed by atoms with van der Waals surface area (Å²) in [6.07, 6.45) is -7.80. The third-order valence-electron chi connectivity index (χ3n) is 9.31. The number of fused-ring (bicyclic) bond motifs is 1. The maximum Gasteiger partial charge on any atom is 0.190 e. The molecule has 0 saturated carbocycles. The van der Waals surface area contributed by atoms with Crippen LogP contribution in [0, 0.1) is 0 Å². The molecule has 11 heteroatoms. The van der Waals surface area contributed by atoms with Gasteiger partial charge in [0.2, 0.25) is 0 Å². The summed E-state index contributed by atoms with van der Waals surface area (Å²) in [5.41, 5.74) is 2.83. The molecule has 0 unspecified atom stereocenters. The first kappa shape index (κ1) is 35.6. The molecule has 0 aliphatic carbocycles. The Kier molecular flexibility index (Phi) is 11.0. The number of hydrogen-bond donors (Lipinski definition) is 0. The molecule has 4 fully saturated rings. The van der Waals surface area contributed by atoms with Gasteiger partial charge in [-0.15, -0.1) is 0 Å². The number of ether oxygens (including phenoxy) is 10. The van der Waals surface area contributed by atoms with Crippen molar-refractivity contribution in [2.24, 2.45) is 0 Å². The molecule has 4 aliphatic heterocycles. The van der Waals surface area contributed by atoms with Crippen molar-refractivity contribution in [1.29, 1.82) is 0 Å². The van der Waals surface area contributed by atoms with E-state index in [0.29, 0.717) is 0 Å². The fourth-order valence-corrected chi connectivity index (χ4v) is 6.97. The molecule has 10 atom stereocenters. The highest BCUT2D eigenvalue weighted by molar-refractivity contribution is 5.16. The zero-order valence-electron chi connectivity index (χ0n) is 28.9. The number of benzene rings is 3. The third kappa shape index (κ3) is 8.29. The third-order valence-corrected chi connectivity index (χ3v) is 9.31. The van der Waals surface area contributed by atoms with Crippen molar-refractivity contribution in [1.82, 2.24) is 0 Å². The van der Waals surface area contributed by atoms with E-state index in [2.05, 4.69) is 0 Å². The van der Waals surface area contributed by atoms with Gasteiger partial charge >= 0.3 is 0 Å². The summed E-state index contributed by atoms with van der Waals surface area (Å²) < 4.78 is 79.2. The van der Waals surface area contributed by atoms with Crippen LogP contribution in [0.4, 0.5) is 4.39 Å². The second-order valence-electron chi connectivity index (χ2n) is 14.0. The highest BCUT2D eigenvalue weighted by atomic mass is 19.1. The van der Waals surface area contributed by atoms with E-state index in [0.717, 1.165) is 16.7 Å². The van der Waals surface area contributed by atoms with Crippen molar-refractivity contribution in [3.8, 4) is 0 Å². The maximum atomic E-state index is 15.1. The van der Waals surface area contributed by atoms with Crippen LogP contribution in [-0.2, 0) is 67.2 Å². The fraction of sp³-hybridized carbons (Fsp3) is 0.538. The van der Waals surface area contributed by atoms with E-state index >= 15 is 4.39 Å². The number of hydrogen-bond acceptors (Lipinski definition) is 10. The summed E-state index contributed by atoms with van der Waals surface area (Å²) in [6.45, 7) is 7.48. The maximum absolute atomic E-state index is 15.1. The minimum atomic E-state index is -1.10. The first-order valence-corrected chi connectivity index (χ1v) is 17.3. The zero-order chi connectivity index (χ0) is 34.7. The summed E-state index contributed by atoms with van der Waals surface area (Å²) in [7, 11) is 0. The summed E-state index contributed by atoms with van der Waals surface area (Å²) in [5, 5.41) is 0. The molecule has 0 aromatic heterocycles. The molecule has 4 heterocycles. The second-order valence-corrected chi connectivity index (χ2v) is 14.0. The molecular formula is C39H47FO10. The molecule has 7 rings (SSSR count). The van der Waals surface area contributed by atoms with E-state index in [9.17, 15) is 0 Å². The molecule has 0 amide bonds. The molecule has 0 radical (unpaired) electrons. The van der Waals surface area contributed by atoms with Crippen LogP contribution in [0.5, 0.6) is 0 Å². The minimum absolute atomic E-state index is 0.225. The Morgan fingerprint density at radius 3 is 1.66 bits per heavy atom. The highest BCUT2D eigenvalue weighted by Crippen LogP contribution is 2.43. The number of rotatable bonds is 13. The van der Waals surface area contributed by atoms with Crippen LogP contribution in [0.3, 0.4) is 0 Å². The minimum Gasteiger partial charge on any atom is -0.368 e. The lowest BCUT2D eigenvalue weighted by atomic mass is 9.97. The molecule has 0 N–H and O–H groups in total. The lowest BCUT2D eigenvalue weighted by molar-refractivity contribution is -0.342. The molecule has 4 saturated heterocycles. The van der Waals surface area contributed by atoms with Gasteiger partial charge in [0.25, 0.3) is 0 Å². The summed E-state index contributed by atoms with van der Waals surface area (Å²) in [4.78, 5) is 0. The van der Waals surface area contributed by atoms with Crippen molar-refractivity contribution < 1.29 is 51.8 Å². The van der Waals surface area contributed by atoms with Gasteiger partial charge in [-0.3, -0.25) is 0 Å². The van der Waals surface area contributed by atoms with Crippen molar-refractivity contribution in [2.45, 2.75) is 121 Å². The van der Waals surface area contributed by atoms with Crippen LogP contribution in [0.15, 0.2) is 91.0 Å². The van der Waals surface area contributed by atoms with Gasteiger partial charge < -0.3 is 47.4 Å². The Labute approximate surface area is 292 Å². The molecule has 50 heavy (non-hydrogen) atoms. The molecule has 0 spiro atoms. The van der Waals surface area contributed by atoms with Gasteiger partial charge in [-0.25, -0.2) is 4.39 Å². The van der Waals surface area contributed by atoms with E-state index < -0.39 is 79.7 Å². The quantitative estimate of drug-likeness (QED) is 0.217. The Bertz CT molecular complexity index is 1490. The van der Waals surface area contributed by atoms with E-state index in [1.807, 2.05) is 119 Å². The van der Waals surface area contributed by atoms with Gasteiger partial charge in [-0.05, 0) is 44.4 Å². The standard InChI is InChI=1S/C39H47FO10/c1-38(2)44-24-29(48-38)31-33(35-37(46-31)50-39(3,4)49-35)47-36-34(43-23-27-18-12-7-13-19-27)32(42-22-26-16-10-6-11-17-26)30(28(20-40)45-36)41-21-25-14-8-5-9-15-25/h5-19,28-37H,20-24H2,1-4H3/t28-,29-,30-,31-,32+,33+,34+,35-,36-,37-/m1/s1. The molecule has 270 valence electrons. The average Bonchev–Trinajstić information content (AvgIpc) is 3.75. The van der Waals surface area contributed by atoms with Crippen molar-refractivity contribution >= 4 is 0 Å². The van der Waals surface area contributed by atoms with Crippen molar-refractivity contribution in [3.63, 3.8) is 0 Å². The number of halogens is 1. The highest BCUT2D eigenvalue weighted by Gasteiger charge is 2.61. The first-order chi connectivity index (χ1) is 24.2. The van der Waals surface area contributed by atoms with Crippen LogP contribution in [-0.4, -0.2) is 86.3 Å². The van der Waals surface area contributed by atoms with Gasteiger partial charge in [0.05, 0.1) is 26.4 Å². The molecular weight excluding hydrogens is 647 g/mol. The van der Waals surface area contributed by atoms with E-state index in [1.54, 1.807) is 0 Å². The van der Waals surface area contributed by atoms with Gasteiger partial charge in [0.15, 0.2) is 24.2 Å². The van der Waals surface area contributed by atoms with Gasteiger partial charge in [0.1, 0.15) is 55.5 Å². The second kappa shape index (κ2) is 15.4. The Hall–Kier alpha value is -2.81. The van der Waals surface area contributed by atoms with Crippen LogP contribution in [0.2, 0.25) is 0 Å². The van der Waals surface area contributed by atoms with Crippen LogP contribution in [0.1, 0.15) is 44.4 Å². The normalized spacial score (nSPS) is 34.5. The molecule has 4 aliphatic rings. The van der Waals surface area contributed by atoms with Crippen LogP contribution in [0.25, 0.3) is 0 Å². The summed E-state index contributed by atoms with van der Waals surface area (Å²) in [6, 6.07) is 29.3. The predicted octanol–water partition coefficient (Wildman–Crippen LogP) is 5.85. The predicted molar refractivity (Wildman–Crippen MR) is 178 cm³/mol. The van der Waals surface area contributed by atoms with Gasteiger partial charge in [-0.2, -0.15) is 0 Å². The average molecular weight is 695 g/mol. The van der Waals surface area contributed by atoms with Gasteiger partial charge in [0, 0.05) is 0 Å². The van der Waals surface area contributed by atoms with E-state index in [-0.39, 0.29) is 26.4 Å². The first-order valence-electron chi connectivity index (χ1n) is 17.3. The Morgan fingerprint density at radius 1 is 0.600 bits per heavy atom. The largest absolute Gasteiger partial charge is 0.368 e. The van der Waals surface area contributed by atoms with Crippen molar-refractivity contribution in [3.05, 3.63) is 108 Å². The molecule has 3 aromatic carbocycles.